The molecule has 1 heterocycles. The highest BCUT2D eigenvalue weighted by Crippen LogP contribution is 2.42. The zero-order valence-electron chi connectivity index (χ0n) is 8.26. The fourth-order valence-electron chi connectivity index (χ4n) is 1.49. The zero-order chi connectivity index (χ0) is 9.80. The molecule has 0 aromatic carbocycles. The summed E-state index contributed by atoms with van der Waals surface area (Å²) in [6, 6.07) is 1.85. The van der Waals surface area contributed by atoms with E-state index in [9.17, 15) is 0 Å². The fourth-order valence-corrected chi connectivity index (χ4v) is 2.50. The van der Waals surface area contributed by atoms with Crippen molar-refractivity contribution in [3.8, 4) is 0 Å². The van der Waals surface area contributed by atoms with Gasteiger partial charge in [-0.2, -0.15) is 0 Å². The van der Waals surface area contributed by atoms with Gasteiger partial charge in [0, 0.05) is 18.1 Å². The number of aromatic nitrogens is 2. The van der Waals surface area contributed by atoms with Crippen LogP contribution in [0.25, 0.3) is 0 Å². The summed E-state index contributed by atoms with van der Waals surface area (Å²) in [6.07, 6.45) is 9.38. The van der Waals surface area contributed by atoms with Gasteiger partial charge in [-0.1, -0.05) is 23.9 Å². The van der Waals surface area contributed by atoms with Gasteiger partial charge in [0.25, 0.3) is 0 Å². The number of allylic oxidation sites excluding steroid dienone is 2. The lowest BCUT2D eigenvalue weighted by molar-refractivity contribution is 0.899. The Labute approximate surface area is 88.9 Å². The van der Waals surface area contributed by atoms with Crippen LogP contribution >= 0.6 is 11.8 Å². The van der Waals surface area contributed by atoms with Gasteiger partial charge >= 0.3 is 0 Å². The Bertz CT molecular complexity index is 310. The van der Waals surface area contributed by atoms with E-state index < -0.39 is 0 Å². The van der Waals surface area contributed by atoms with Gasteiger partial charge in [0.05, 0.1) is 0 Å². The summed E-state index contributed by atoms with van der Waals surface area (Å²) in [5.41, 5.74) is 0. The van der Waals surface area contributed by atoms with E-state index in [4.69, 9.17) is 0 Å². The molecule has 0 bridgehead atoms. The Morgan fingerprint density at radius 2 is 2.29 bits per heavy atom. The Morgan fingerprint density at radius 3 is 3.00 bits per heavy atom. The second-order valence-corrected chi connectivity index (χ2v) is 4.51. The van der Waals surface area contributed by atoms with Gasteiger partial charge in [-0.05, 0) is 31.2 Å². The van der Waals surface area contributed by atoms with E-state index in [-0.39, 0.29) is 0 Å². The van der Waals surface area contributed by atoms with Gasteiger partial charge in [-0.15, -0.1) is 0 Å². The molecule has 2 rings (SSSR count). The molecule has 2 nitrogen and oxygen atoms in total. The van der Waals surface area contributed by atoms with Crippen molar-refractivity contribution in [1.82, 2.24) is 9.97 Å². The predicted molar refractivity (Wildman–Crippen MR) is 59.2 cm³/mol. The Hall–Kier alpha value is -0.830. The van der Waals surface area contributed by atoms with E-state index in [0.29, 0.717) is 0 Å². The molecule has 1 aliphatic rings. The summed E-state index contributed by atoms with van der Waals surface area (Å²) in [7, 11) is 0. The first-order valence-electron chi connectivity index (χ1n) is 4.93. The Balaban J connectivity index is 1.75. The standard InChI is InChI=1S/C11H14N2S/c1-2-4-9-7-10(9)8-14-11-12-5-3-6-13-11/h2-6,9-10H,7-8H2,1H3/b4-2+/t9-,10+/m0/s1. The third kappa shape index (κ3) is 2.58. The summed E-state index contributed by atoms with van der Waals surface area (Å²) < 4.78 is 0. The molecule has 0 saturated heterocycles. The number of hydrogen-bond acceptors (Lipinski definition) is 3. The average molecular weight is 206 g/mol. The van der Waals surface area contributed by atoms with Crippen molar-refractivity contribution in [2.24, 2.45) is 11.8 Å². The molecule has 0 radical (unpaired) electrons. The normalized spacial score (nSPS) is 25.5. The maximum Gasteiger partial charge on any atom is 0.187 e. The summed E-state index contributed by atoms with van der Waals surface area (Å²) in [4.78, 5) is 8.37. The summed E-state index contributed by atoms with van der Waals surface area (Å²) in [5.74, 6) is 2.81. The molecule has 0 aliphatic heterocycles. The average Bonchev–Trinajstić information content (AvgIpc) is 2.96. The predicted octanol–water partition coefficient (Wildman–Crippen LogP) is 2.78. The lowest BCUT2D eigenvalue weighted by Crippen LogP contribution is -1.88. The highest BCUT2D eigenvalue weighted by Gasteiger charge is 2.34. The van der Waals surface area contributed by atoms with Crippen LogP contribution < -0.4 is 0 Å². The first kappa shape index (κ1) is 9.71. The smallest absolute Gasteiger partial charge is 0.187 e. The molecular formula is C11H14N2S. The maximum atomic E-state index is 4.18. The van der Waals surface area contributed by atoms with E-state index in [0.717, 1.165) is 22.7 Å². The highest BCUT2D eigenvalue weighted by atomic mass is 32.2. The largest absolute Gasteiger partial charge is 0.231 e. The van der Waals surface area contributed by atoms with Crippen LogP contribution in [-0.2, 0) is 0 Å². The summed E-state index contributed by atoms with van der Waals surface area (Å²) >= 11 is 1.76. The van der Waals surface area contributed by atoms with Gasteiger partial charge in [-0.25, -0.2) is 9.97 Å². The first-order valence-corrected chi connectivity index (χ1v) is 5.91. The Morgan fingerprint density at radius 1 is 1.50 bits per heavy atom. The van der Waals surface area contributed by atoms with Crippen LogP contribution in [0.1, 0.15) is 13.3 Å². The molecule has 14 heavy (non-hydrogen) atoms. The van der Waals surface area contributed by atoms with Gasteiger partial charge in [0.2, 0.25) is 0 Å². The molecule has 1 saturated carbocycles. The fraction of sp³-hybridized carbons (Fsp3) is 0.455. The van der Waals surface area contributed by atoms with Crippen LogP contribution in [0.2, 0.25) is 0 Å². The van der Waals surface area contributed by atoms with Crippen LogP contribution in [0.5, 0.6) is 0 Å². The number of thioether (sulfide) groups is 1. The van der Waals surface area contributed by atoms with Crippen LogP contribution in [0.4, 0.5) is 0 Å². The third-order valence-corrected chi connectivity index (χ3v) is 3.45. The van der Waals surface area contributed by atoms with E-state index >= 15 is 0 Å². The number of nitrogens with zero attached hydrogens (tertiary/aromatic N) is 2. The van der Waals surface area contributed by atoms with Crippen molar-refractivity contribution in [3.05, 3.63) is 30.6 Å². The van der Waals surface area contributed by atoms with Crippen LogP contribution in [0.15, 0.2) is 35.8 Å². The van der Waals surface area contributed by atoms with E-state index in [1.165, 1.54) is 6.42 Å². The minimum atomic E-state index is 0.816. The summed E-state index contributed by atoms with van der Waals surface area (Å²) in [5, 5.41) is 0.902. The topological polar surface area (TPSA) is 25.8 Å². The lowest BCUT2D eigenvalue weighted by Gasteiger charge is -1.96. The third-order valence-electron chi connectivity index (χ3n) is 2.39. The minimum Gasteiger partial charge on any atom is -0.231 e. The van der Waals surface area contributed by atoms with Gasteiger partial charge in [0.15, 0.2) is 5.16 Å². The molecule has 1 fully saturated rings. The monoisotopic (exact) mass is 206 g/mol. The molecule has 2 atom stereocenters. The van der Waals surface area contributed by atoms with Gasteiger partial charge in [0.1, 0.15) is 0 Å². The van der Waals surface area contributed by atoms with Crippen molar-refractivity contribution >= 4 is 11.8 Å². The van der Waals surface area contributed by atoms with Crippen LogP contribution in [0.3, 0.4) is 0 Å². The quantitative estimate of drug-likeness (QED) is 0.430. The van der Waals surface area contributed by atoms with Crippen molar-refractivity contribution in [1.29, 1.82) is 0 Å². The van der Waals surface area contributed by atoms with Crippen molar-refractivity contribution in [2.45, 2.75) is 18.5 Å². The molecular weight excluding hydrogens is 192 g/mol. The second kappa shape index (κ2) is 4.60. The maximum absolute atomic E-state index is 4.18. The molecule has 0 amide bonds. The number of rotatable bonds is 4. The van der Waals surface area contributed by atoms with Crippen molar-refractivity contribution in [2.75, 3.05) is 5.75 Å². The van der Waals surface area contributed by atoms with E-state index in [1.807, 2.05) is 6.07 Å². The summed E-state index contributed by atoms with van der Waals surface area (Å²) in [6.45, 7) is 2.09. The van der Waals surface area contributed by atoms with Crippen LogP contribution in [-0.4, -0.2) is 15.7 Å². The van der Waals surface area contributed by atoms with Crippen molar-refractivity contribution in [3.63, 3.8) is 0 Å². The molecule has 0 spiro atoms. The molecule has 74 valence electrons. The molecule has 0 N–H and O–H groups in total. The molecule has 1 aromatic rings. The van der Waals surface area contributed by atoms with Gasteiger partial charge in [-0.3, -0.25) is 0 Å². The molecule has 0 unspecified atom stereocenters. The highest BCUT2D eigenvalue weighted by molar-refractivity contribution is 7.99. The first-order chi connectivity index (χ1) is 6.90. The lowest BCUT2D eigenvalue weighted by atomic mass is 10.3. The van der Waals surface area contributed by atoms with Crippen LogP contribution in [0, 0.1) is 11.8 Å². The molecule has 1 aromatic heterocycles. The zero-order valence-corrected chi connectivity index (χ0v) is 9.07. The van der Waals surface area contributed by atoms with E-state index in [1.54, 1.807) is 24.2 Å². The van der Waals surface area contributed by atoms with E-state index in [2.05, 4.69) is 29.0 Å². The Kier molecular flexibility index (Phi) is 3.19. The minimum absolute atomic E-state index is 0.816. The SMILES string of the molecule is C/C=C/[C@H]1C[C@@H]1CSc1ncccn1. The van der Waals surface area contributed by atoms with Gasteiger partial charge < -0.3 is 0 Å². The molecule has 3 heteroatoms. The molecule has 1 aliphatic carbocycles. The number of hydrogen-bond donors (Lipinski definition) is 0. The van der Waals surface area contributed by atoms with Crippen molar-refractivity contribution < 1.29 is 0 Å². The second-order valence-electron chi connectivity index (χ2n) is 3.53.